The van der Waals surface area contributed by atoms with Gasteiger partial charge < -0.3 is 10.1 Å². The van der Waals surface area contributed by atoms with Crippen molar-refractivity contribution < 1.29 is 17.9 Å². The van der Waals surface area contributed by atoms with Crippen molar-refractivity contribution in [2.45, 2.75) is 32.6 Å². The van der Waals surface area contributed by atoms with Crippen LogP contribution in [-0.4, -0.2) is 37.5 Å². The second-order valence-corrected chi connectivity index (χ2v) is 9.25. The zero-order chi connectivity index (χ0) is 22.6. The van der Waals surface area contributed by atoms with Crippen LogP contribution in [0.4, 0.5) is 11.4 Å². The van der Waals surface area contributed by atoms with E-state index >= 15 is 0 Å². The maximum Gasteiger partial charge on any atom is 0.341 e. The number of anilines is 2. The first-order chi connectivity index (χ1) is 14.7. The van der Waals surface area contributed by atoms with Gasteiger partial charge in [-0.25, -0.2) is 27.9 Å². The van der Waals surface area contributed by atoms with Gasteiger partial charge in [-0.15, -0.1) is 0 Å². The Morgan fingerprint density at radius 1 is 1.13 bits per heavy atom. The minimum atomic E-state index is -3.59. The lowest BCUT2D eigenvalue weighted by Gasteiger charge is -2.15. The molecule has 31 heavy (non-hydrogen) atoms. The summed E-state index contributed by atoms with van der Waals surface area (Å²) in [6, 6.07) is 9.99. The number of nitrogens with one attached hydrogen (secondary N) is 2. The highest BCUT2D eigenvalue weighted by molar-refractivity contribution is 7.89. The monoisotopic (exact) mass is 442 g/mol. The Balaban J connectivity index is 1.97. The molecule has 2 aromatic heterocycles. The summed E-state index contributed by atoms with van der Waals surface area (Å²) < 4.78 is 32.6. The highest BCUT2D eigenvalue weighted by Crippen LogP contribution is 2.29. The molecule has 0 fully saturated rings. The molecule has 9 heteroatoms. The molecule has 0 amide bonds. The van der Waals surface area contributed by atoms with Gasteiger partial charge in [-0.05, 0) is 56.2 Å². The lowest BCUT2D eigenvalue weighted by molar-refractivity contribution is 0.0527. The first-order valence-electron chi connectivity index (χ1n) is 10.0. The summed E-state index contributed by atoms with van der Waals surface area (Å²) in [5.74, 6) is -0.300. The van der Waals surface area contributed by atoms with Gasteiger partial charge in [0.05, 0.1) is 17.2 Å². The smallest absolute Gasteiger partial charge is 0.341 e. The molecule has 0 aliphatic carbocycles. The Kier molecular flexibility index (Phi) is 6.87. The molecule has 0 saturated heterocycles. The second-order valence-electron chi connectivity index (χ2n) is 7.49. The minimum absolute atomic E-state index is 0.168. The van der Waals surface area contributed by atoms with Gasteiger partial charge in [0.2, 0.25) is 10.0 Å². The molecule has 3 aromatic rings. The highest BCUT2D eigenvalue weighted by atomic mass is 32.2. The topological polar surface area (TPSA) is 110 Å². The van der Waals surface area contributed by atoms with E-state index in [4.69, 9.17) is 4.74 Å². The van der Waals surface area contributed by atoms with Crippen LogP contribution in [0.3, 0.4) is 0 Å². The number of fused-ring (bicyclic) bond motifs is 1. The summed E-state index contributed by atoms with van der Waals surface area (Å²) in [4.78, 5) is 21.3. The summed E-state index contributed by atoms with van der Waals surface area (Å²) in [7, 11) is -3.59. The molecule has 0 aliphatic heterocycles. The number of nitrogens with zero attached hydrogens (tertiary/aromatic N) is 2. The summed E-state index contributed by atoms with van der Waals surface area (Å²) in [6.45, 7) is 8.06. The molecule has 0 spiro atoms. The Hall–Kier alpha value is -3.04. The van der Waals surface area contributed by atoms with Crippen molar-refractivity contribution >= 4 is 38.4 Å². The van der Waals surface area contributed by atoms with Crippen LogP contribution >= 0.6 is 0 Å². The van der Waals surface area contributed by atoms with Crippen LogP contribution in [0.2, 0.25) is 0 Å². The molecule has 0 bridgehead atoms. The number of aryl methyl sites for hydroxylation is 1. The van der Waals surface area contributed by atoms with E-state index in [1.165, 1.54) is 18.3 Å². The van der Waals surface area contributed by atoms with Crippen molar-refractivity contribution in [1.29, 1.82) is 0 Å². The average molecular weight is 443 g/mol. The molecule has 164 valence electrons. The van der Waals surface area contributed by atoms with E-state index in [-0.39, 0.29) is 23.0 Å². The first-order valence-corrected chi connectivity index (χ1v) is 11.5. The molecule has 3 rings (SSSR count). The number of hydrogen-bond donors (Lipinski definition) is 2. The van der Waals surface area contributed by atoms with Crippen molar-refractivity contribution in [3.8, 4) is 0 Å². The molecule has 0 radical (unpaired) electrons. The molecular weight excluding hydrogens is 416 g/mol. The number of sulfonamides is 1. The Morgan fingerprint density at radius 2 is 1.84 bits per heavy atom. The SMILES string of the molecule is CCOC(=O)c1cnc2nc(C)ccc2c1Nc1ccc(S(=O)(=O)NCC(C)C)cc1. The molecule has 2 N–H and O–H groups in total. The molecule has 0 saturated carbocycles. The van der Waals surface area contributed by atoms with Gasteiger partial charge in [-0.2, -0.15) is 0 Å². The van der Waals surface area contributed by atoms with Crippen LogP contribution in [0.1, 0.15) is 36.8 Å². The van der Waals surface area contributed by atoms with Crippen LogP contribution in [-0.2, 0) is 14.8 Å². The maximum atomic E-state index is 12.5. The Labute approximate surface area is 182 Å². The number of ether oxygens (including phenoxy) is 1. The predicted molar refractivity (Wildman–Crippen MR) is 120 cm³/mol. The van der Waals surface area contributed by atoms with E-state index in [0.717, 1.165) is 5.69 Å². The number of aromatic nitrogens is 2. The number of rotatable bonds is 8. The van der Waals surface area contributed by atoms with E-state index < -0.39 is 16.0 Å². The Bertz CT molecular complexity index is 1190. The normalized spacial score (nSPS) is 11.6. The van der Waals surface area contributed by atoms with Gasteiger partial charge in [-0.3, -0.25) is 0 Å². The molecule has 0 aliphatic rings. The molecule has 2 heterocycles. The number of pyridine rings is 2. The summed E-state index contributed by atoms with van der Waals surface area (Å²) in [5.41, 5.74) is 2.69. The third-order valence-electron chi connectivity index (χ3n) is 4.48. The van der Waals surface area contributed by atoms with Crippen LogP contribution in [0.5, 0.6) is 0 Å². The standard InChI is InChI=1S/C22H26N4O4S/c1-5-30-22(27)19-13-23-21-18(11-6-15(4)25-21)20(19)26-16-7-9-17(10-8-16)31(28,29)24-12-14(2)3/h6-11,13-14,24H,5,12H2,1-4H3,(H,23,25,26). The van der Waals surface area contributed by atoms with Gasteiger partial charge in [-0.1, -0.05) is 13.8 Å². The number of esters is 1. The van der Waals surface area contributed by atoms with Gasteiger partial charge in [0.15, 0.2) is 5.65 Å². The first kappa shape index (κ1) is 22.6. The largest absolute Gasteiger partial charge is 0.462 e. The fourth-order valence-electron chi connectivity index (χ4n) is 2.89. The number of carbonyl (C=O) groups excluding carboxylic acids is 1. The van der Waals surface area contributed by atoms with Crippen LogP contribution in [0, 0.1) is 12.8 Å². The third-order valence-corrected chi connectivity index (χ3v) is 5.92. The fraction of sp³-hybridized carbons (Fsp3) is 0.318. The van der Waals surface area contributed by atoms with E-state index in [1.54, 1.807) is 19.1 Å². The lowest BCUT2D eigenvalue weighted by Crippen LogP contribution is -2.27. The van der Waals surface area contributed by atoms with Gasteiger partial charge in [0.1, 0.15) is 5.56 Å². The fourth-order valence-corrected chi connectivity index (χ4v) is 4.11. The van der Waals surface area contributed by atoms with Crippen LogP contribution < -0.4 is 10.0 Å². The molecule has 1 aromatic carbocycles. The van der Waals surface area contributed by atoms with E-state index in [9.17, 15) is 13.2 Å². The van der Waals surface area contributed by atoms with Crippen molar-refractivity contribution in [2.24, 2.45) is 5.92 Å². The van der Waals surface area contributed by atoms with Crippen molar-refractivity contribution in [2.75, 3.05) is 18.5 Å². The van der Waals surface area contributed by atoms with E-state index in [1.807, 2.05) is 32.9 Å². The number of carbonyl (C=O) groups is 1. The summed E-state index contributed by atoms with van der Waals surface area (Å²) >= 11 is 0. The van der Waals surface area contributed by atoms with E-state index in [0.29, 0.717) is 29.0 Å². The van der Waals surface area contributed by atoms with Crippen LogP contribution in [0.15, 0.2) is 47.5 Å². The average Bonchev–Trinajstić information content (AvgIpc) is 2.73. The molecule has 0 unspecified atom stereocenters. The predicted octanol–water partition coefficient (Wildman–Crippen LogP) is 3.79. The quantitative estimate of drug-likeness (QED) is 0.511. The van der Waals surface area contributed by atoms with Crippen molar-refractivity contribution in [3.05, 3.63) is 53.9 Å². The maximum absolute atomic E-state index is 12.5. The molecule has 0 atom stereocenters. The lowest BCUT2D eigenvalue weighted by atomic mass is 10.1. The van der Waals surface area contributed by atoms with Gasteiger partial charge >= 0.3 is 5.97 Å². The highest BCUT2D eigenvalue weighted by Gasteiger charge is 2.18. The molecule has 8 nitrogen and oxygen atoms in total. The van der Waals surface area contributed by atoms with Gasteiger partial charge in [0, 0.05) is 29.5 Å². The van der Waals surface area contributed by atoms with Crippen LogP contribution in [0.25, 0.3) is 11.0 Å². The third kappa shape index (κ3) is 5.36. The molecular formula is C22H26N4O4S. The summed E-state index contributed by atoms with van der Waals surface area (Å²) in [6.07, 6.45) is 1.43. The Morgan fingerprint density at radius 3 is 2.48 bits per heavy atom. The van der Waals surface area contributed by atoms with Crippen molar-refractivity contribution in [3.63, 3.8) is 0 Å². The number of benzene rings is 1. The number of hydrogen-bond acceptors (Lipinski definition) is 7. The second kappa shape index (κ2) is 9.40. The summed E-state index contributed by atoms with van der Waals surface area (Å²) in [5, 5.41) is 3.87. The van der Waals surface area contributed by atoms with E-state index in [2.05, 4.69) is 20.0 Å². The van der Waals surface area contributed by atoms with Crippen molar-refractivity contribution in [1.82, 2.24) is 14.7 Å². The zero-order valence-electron chi connectivity index (χ0n) is 18.0. The zero-order valence-corrected chi connectivity index (χ0v) is 18.8. The minimum Gasteiger partial charge on any atom is -0.462 e. The van der Waals surface area contributed by atoms with Gasteiger partial charge in [0.25, 0.3) is 0 Å².